The van der Waals surface area contributed by atoms with E-state index in [1.54, 1.807) is 26.4 Å². The van der Waals surface area contributed by atoms with Crippen molar-refractivity contribution in [2.45, 2.75) is 19.6 Å². The Kier molecular flexibility index (Phi) is 7.91. The van der Waals surface area contributed by atoms with Crippen LogP contribution in [0.15, 0.2) is 60.7 Å². The average molecular weight is 452 g/mol. The van der Waals surface area contributed by atoms with Crippen LogP contribution in [0.4, 0.5) is 4.39 Å². The highest BCUT2D eigenvalue weighted by atomic mass is 19.1. The molecule has 3 aromatic rings. The molecular formula is C26H25FO6. The Morgan fingerprint density at radius 1 is 0.909 bits per heavy atom. The highest BCUT2D eigenvalue weighted by Gasteiger charge is 2.15. The number of rotatable bonds is 10. The van der Waals surface area contributed by atoms with Crippen LogP contribution in [-0.4, -0.2) is 31.4 Å². The van der Waals surface area contributed by atoms with Crippen molar-refractivity contribution in [2.75, 3.05) is 14.2 Å². The van der Waals surface area contributed by atoms with Gasteiger partial charge in [-0.25, -0.2) is 9.18 Å². The molecule has 0 saturated carbocycles. The molecule has 0 amide bonds. The Morgan fingerprint density at radius 2 is 1.58 bits per heavy atom. The molecule has 0 saturated heterocycles. The van der Waals surface area contributed by atoms with E-state index < -0.39 is 17.9 Å². The molecule has 0 fully saturated rings. The molecule has 0 aliphatic rings. The molecular weight excluding hydrogens is 427 g/mol. The summed E-state index contributed by atoms with van der Waals surface area (Å²) in [6.45, 7) is 1.45. The molecule has 0 spiro atoms. The predicted molar refractivity (Wildman–Crippen MR) is 123 cm³/mol. The fraction of sp³-hybridized carbons (Fsp3) is 0.192. The summed E-state index contributed by atoms with van der Waals surface area (Å²) in [5.74, 6) is 0.0238. The van der Waals surface area contributed by atoms with Gasteiger partial charge >= 0.3 is 5.97 Å². The monoisotopic (exact) mass is 452 g/mol. The topological polar surface area (TPSA) is 74.2 Å². The summed E-state index contributed by atoms with van der Waals surface area (Å²) in [5, 5.41) is 8.90. The van der Waals surface area contributed by atoms with Crippen molar-refractivity contribution < 1.29 is 33.2 Å². The molecule has 1 unspecified atom stereocenters. The first-order chi connectivity index (χ1) is 15.9. The third kappa shape index (κ3) is 6.74. The quantitative estimate of drug-likeness (QED) is 0.413. The van der Waals surface area contributed by atoms with Crippen LogP contribution in [0, 0.1) is 5.82 Å². The lowest BCUT2D eigenvalue weighted by Crippen LogP contribution is -2.23. The minimum atomic E-state index is -1.17. The second-order valence-corrected chi connectivity index (χ2v) is 7.20. The van der Waals surface area contributed by atoms with Crippen LogP contribution in [0.1, 0.15) is 23.6 Å². The molecule has 1 N–H and O–H groups in total. The molecule has 0 bridgehead atoms. The van der Waals surface area contributed by atoms with Gasteiger partial charge in [0, 0.05) is 6.07 Å². The zero-order valence-corrected chi connectivity index (χ0v) is 18.6. The van der Waals surface area contributed by atoms with Gasteiger partial charge in [0.15, 0.2) is 17.7 Å². The first-order valence-electron chi connectivity index (χ1n) is 10.2. The molecule has 33 heavy (non-hydrogen) atoms. The standard InChI is InChI=1S/C26H25FO6/c1-17(26(28)29)33-25-11-8-20(14-24(25)27)16-32-23-13-19(12-22(15-23)31-3)5-4-18-6-9-21(30-2)10-7-18/h4-15,17H,16H2,1-3H3,(H,28,29)/b5-4+. The van der Waals surface area contributed by atoms with Crippen LogP contribution < -0.4 is 18.9 Å². The predicted octanol–water partition coefficient (Wildman–Crippen LogP) is 5.44. The Labute approximate surface area is 191 Å². The minimum Gasteiger partial charge on any atom is -0.497 e. The number of aliphatic carboxylic acids is 1. The maximum atomic E-state index is 14.3. The zero-order valence-electron chi connectivity index (χ0n) is 18.6. The van der Waals surface area contributed by atoms with E-state index in [1.165, 1.54) is 19.1 Å². The lowest BCUT2D eigenvalue weighted by molar-refractivity contribution is -0.144. The molecule has 172 valence electrons. The average Bonchev–Trinajstić information content (AvgIpc) is 2.83. The van der Waals surface area contributed by atoms with E-state index in [-0.39, 0.29) is 12.4 Å². The van der Waals surface area contributed by atoms with Gasteiger partial charge < -0.3 is 24.1 Å². The third-order valence-corrected chi connectivity index (χ3v) is 4.78. The van der Waals surface area contributed by atoms with Crippen molar-refractivity contribution >= 4 is 18.1 Å². The number of benzene rings is 3. The molecule has 3 aromatic carbocycles. The molecule has 0 aromatic heterocycles. The first kappa shape index (κ1) is 23.7. The number of carboxylic acids is 1. The zero-order chi connectivity index (χ0) is 23.8. The summed E-state index contributed by atoms with van der Waals surface area (Å²) < 4.78 is 35.8. The van der Waals surface area contributed by atoms with E-state index in [2.05, 4.69) is 0 Å². The van der Waals surface area contributed by atoms with Crippen LogP contribution in [0.2, 0.25) is 0 Å². The van der Waals surface area contributed by atoms with E-state index >= 15 is 0 Å². The summed E-state index contributed by atoms with van der Waals surface area (Å²) in [5.41, 5.74) is 2.45. The first-order valence-corrected chi connectivity index (χ1v) is 10.2. The maximum Gasteiger partial charge on any atom is 0.344 e. The number of ether oxygens (including phenoxy) is 4. The maximum absolute atomic E-state index is 14.3. The van der Waals surface area contributed by atoms with Crippen LogP contribution in [0.25, 0.3) is 12.2 Å². The van der Waals surface area contributed by atoms with Crippen LogP contribution in [0.3, 0.4) is 0 Å². The fourth-order valence-corrected chi connectivity index (χ4v) is 2.94. The Hall–Kier alpha value is -4.00. The molecule has 1 atom stereocenters. The van der Waals surface area contributed by atoms with Crippen molar-refractivity contribution in [3.8, 4) is 23.0 Å². The summed E-state index contributed by atoms with van der Waals surface area (Å²) in [6.07, 6.45) is 2.75. The molecule has 0 radical (unpaired) electrons. The van der Waals surface area contributed by atoms with E-state index in [9.17, 15) is 9.18 Å². The van der Waals surface area contributed by atoms with E-state index in [1.807, 2.05) is 48.6 Å². The molecule has 0 aliphatic heterocycles. The number of carboxylic acid groups (broad SMARTS) is 1. The lowest BCUT2D eigenvalue weighted by atomic mass is 10.1. The van der Waals surface area contributed by atoms with Gasteiger partial charge in [-0.3, -0.25) is 0 Å². The Balaban J connectivity index is 1.70. The van der Waals surface area contributed by atoms with Crippen molar-refractivity contribution in [1.82, 2.24) is 0 Å². The molecule has 0 aliphatic carbocycles. The smallest absolute Gasteiger partial charge is 0.344 e. The highest BCUT2D eigenvalue weighted by Crippen LogP contribution is 2.26. The van der Waals surface area contributed by atoms with E-state index in [0.29, 0.717) is 17.1 Å². The fourth-order valence-electron chi connectivity index (χ4n) is 2.94. The van der Waals surface area contributed by atoms with Gasteiger partial charge in [-0.05, 0) is 60.0 Å². The molecule has 6 nitrogen and oxygen atoms in total. The van der Waals surface area contributed by atoms with Crippen LogP contribution in [-0.2, 0) is 11.4 Å². The molecule has 0 heterocycles. The second kappa shape index (κ2) is 11.0. The van der Waals surface area contributed by atoms with Gasteiger partial charge in [-0.15, -0.1) is 0 Å². The summed E-state index contributed by atoms with van der Waals surface area (Å²) >= 11 is 0. The van der Waals surface area contributed by atoms with Crippen LogP contribution in [0.5, 0.6) is 23.0 Å². The summed E-state index contributed by atoms with van der Waals surface area (Å²) in [7, 11) is 3.20. The minimum absolute atomic E-state index is 0.112. The van der Waals surface area contributed by atoms with Gasteiger partial charge in [0.05, 0.1) is 14.2 Å². The van der Waals surface area contributed by atoms with Gasteiger partial charge in [-0.2, -0.15) is 0 Å². The Morgan fingerprint density at radius 3 is 2.21 bits per heavy atom. The number of hydrogen-bond acceptors (Lipinski definition) is 5. The normalized spacial score (nSPS) is 11.8. The van der Waals surface area contributed by atoms with Crippen molar-refractivity contribution in [3.63, 3.8) is 0 Å². The van der Waals surface area contributed by atoms with Crippen molar-refractivity contribution in [1.29, 1.82) is 0 Å². The number of hydrogen-bond donors (Lipinski definition) is 1. The van der Waals surface area contributed by atoms with Gasteiger partial charge in [-0.1, -0.05) is 30.4 Å². The second-order valence-electron chi connectivity index (χ2n) is 7.20. The number of methoxy groups -OCH3 is 2. The number of carbonyl (C=O) groups is 1. The highest BCUT2D eigenvalue weighted by molar-refractivity contribution is 5.72. The van der Waals surface area contributed by atoms with E-state index in [0.717, 1.165) is 16.9 Å². The van der Waals surface area contributed by atoms with Gasteiger partial charge in [0.1, 0.15) is 23.9 Å². The van der Waals surface area contributed by atoms with Gasteiger partial charge in [0.25, 0.3) is 0 Å². The SMILES string of the molecule is COc1ccc(/C=C/c2cc(OC)cc(OCc3ccc(OC(C)C(=O)O)c(F)c3)c2)cc1. The number of halogens is 1. The van der Waals surface area contributed by atoms with E-state index in [4.69, 9.17) is 24.1 Å². The largest absolute Gasteiger partial charge is 0.497 e. The molecule has 3 rings (SSSR count). The molecule has 7 heteroatoms. The van der Waals surface area contributed by atoms with Crippen molar-refractivity contribution in [3.05, 3.63) is 83.2 Å². The Bertz CT molecular complexity index is 1120. The lowest BCUT2D eigenvalue weighted by Gasteiger charge is -2.13. The van der Waals surface area contributed by atoms with Gasteiger partial charge in [0.2, 0.25) is 0 Å². The summed E-state index contributed by atoms with van der Waals surface area (Å²) in [4.78, 5) is 10.9. The van der Waals surface area contributed by atoms with Crippen LogP contribution >= 0.6 is 0 Å². The van der Waals surface area contributed by atoms with Crippen molar-refractivity contribution in [2.24, 2.45) is 0 Å². The third-order valence-electron chi connectivity index (χ3n) is 4.78. The summed E-state index contributed by atoms with van der Waals surface area (Å²) in [6, 6.07) is 17.4.